The molecule has 0 atom stereocenters. The Morgan fingerprint density at radius 2 is 0.786 bits per heavy atom. The molecule has 3 N–H and O–H groups in total. The minimum absolute atomic E-state index is 0. The van der Waals surface area contributed by atoms with Crippen LogP contribution in [0.5, 0.6) is 0 Å². The predicted octanol–water partition coefficient (Wildman–Crippen LogP) is -0.175. The van der Waals surface area contributed by atoms with Crippen molar-refractivity contribution in [3.63, 3.8) is 0 Å². The normalized spacial score (nSPS) is 14.1. The third-order valence-corrected chi connectivity index (χ3v) is 1.64. The molecule has 0 fully saturated rings. The second-order valence-corrected chi connectivity index (χ2v) is 4.82. The second-order valence-electron chi connectivity index (χ2n) is 4.82. The van der Waals surface area contributed by atoms with Gasteiger partial charge in [0.25, 0.3) is 0 Å². The summed E-state index contributed by atoms with van der Waals surface area (Å²) >= 11 is 0. The van der Waals surface area contributed by atoms with E-state index in [4.69, 9.17) is 0 Å². The SMILES string of the molecule is CC(C)(O)N(C(C)(C)O)C(C)(C)O.[KH]. The van der Waals surface area contributed by atoms with Crippen LogP contribution >= 0.6 is 0 Å². The molecule has 0 spiro atoms. The minimum atomic E-state index is -1.28. The van der Waals surface area contributed by atoms with E-state index in [0.29, 0.717) is 0 Å². The van der Waals surface area contributed by atoms with Crippen LogP contribution in [0.15, 0.2) is 0 Å². The van der Waals surface area contributed by atoms with Crippen LogP contribution in [-0.2, 0) is 0 Å². The summed E-state index contributed by atoms with van der Waals surface area (Å²) in [6.07, 6.45) is 0. The Hall–Kier alpha value is 1.48. The zero-order chi connectivity index (χ0) is 11.1. The van der Waals surface area contributed by atoms with Crippen molar-refractivity contribution in [2.24, 2.45) is 0 Å². The standard InChI is InChI=1S/C9H21NO3.K.H/c1-7(2,11)10(8(3,4)12)9(5,6)13;;/h11-13H,1-6H3;;. The monoisotopic (exact) mass is 231 g/mol. The van der Waals surface area contributed by atoms with Crippen molar-refractivity contribution >= 4 is 51.4 Å². The topological polar surface area (TPSA) is 63.9 Å². The molecule has 0 heterocycles. The third-order valence-electron chi connectivity index (χ3n) is 1.64. The number of hydrogen-bond acceptors (Lipinski definition) is 4. The molecule has 0 bridgehead atoms. The zero-order valence-electron chi connectivity index (χ0n) is 9.29. The van der Waals surface area contributed by atoms with Crippen LogP contribution in [0, 0.1) is 0 Å². The fraction of sp³-hybridized carbons (Fsp3) is 1.00. The first-order chi connectivity index (χ1) is 5.37. The van der Waals surface area contributed by atoms with E-state index in [1.807, 2.05) is 0 Å². The predicted molar refractivity (Wildman–Crippen MR) is 57.9 cm³/mol. The average molecular weight is 231 g/mol. The quantitative estimate of drug-likeness (QED) is 0.466. The van der Waals surface area contributed by atoms with Crippen molar-refractivity contribution in [3.05, 3.63) is 0 Å². The fourth-order valence-electron chi connectivity index (χ4n) is 2.01. The van der Waals surface area contributed by atoms with Gasteiger partial charge < -0.3 is 15.3 Å². The Labute approximate surface area is 129 Å². The second kappa shape index (κ2) is 5.20. The Morgan fingerprint density at radius 3 is 0.786 bits per heavy atom. The van der Waals surface area contributed by atoms with Crippen molar-refractivity contribution in [1.82, 2.24) is 4.90 Å². The van der Waals surface area contributed by atoms with E-state index in [2.05, 4.69) is 0 Å². The summed E-state index contributed by atoms with van der Waals surface area (Å²) in [5, 5.41) is 29.3. The Morgan fingerprint density at radius 1 is 0.643 bits per heavy atom. The molecular weight excluding hydrogens is 209 g/mol. The summed E-state index contributed by atoms with van der Waals surface area (Å²) in [5.41, 5.74) is -3.84. The van der Waals surface area contributed by atoms with Gasteiger partial charge in [0.1, 0.15) is 17.2 Å². The summed E-state index contributed by atoms with van der Waals surface area (Å²) < 4.78 is 0. The van der Waals surface area contributed by atoms with Gasteiger partial charge in [0.05, 0.1) is 0 Å². The average Bonchev–Trinajstić information content (AvgIpc) is 1.44. The summed E-state index contributed by atoms with van der Waals surface area (Å²) in [4.78, 5) is 1.23. The summed E-state index contributed by atoms with van der Waals surface area (Å²) in [5.74, 6) is 0. The first-order valence-corrected chi connectivity index (χ1v) is 4.34. The van der Waals surface area contributed by atoms with E-state index >= 15 is 0 Å². The molecule has 0 aliphatic carbocycles. The van der Waals surface area contributed by atoms with Crippen molar-refractivity contribution in [2.45, 2.75) is 58.7 Å². The molecule has 0 aliphatic heterocycles. The first-order valence-electron chi connectivity index (χ1n) is 4.34. The van der Waals surface area contributed by atoms with Gasteiger partial charge in [0.2, 0.25) is 0 Å². The molecular formula is C9H22KNO3. The Bertz CT molecular complexity index is 143. The molecule has 14 heavy (non-hydrogen) atoms. The fourth-order valence-corrected chi connectivity index (χ4v) is 2.01. The van der Waals surface area contributed by atoms with Crippen LogP contribution in [0.4, 0.5) is 0 Å². The van der Waals surface area contributed by atoms with Crippen LogP contribution in [0.3, 0.4) is 0 Å². The Balaban J connectivity index is 0. The molecule has 82 valence electrons. The van der Waals surface area contributed by atoms with Gasteiger partial charge in [0, 0.05) is 0 Å². The van der Waals surface area contributed by atoms with Gasteiger partial charge in [0.15, 0.2) is 0 Å². The van der Waals surface area contributed by atoms with E-state index in [1.54, 1.807) is 0 Å². The molecule has 0 saturated heterocycles. The van der Waals surface area contributed by atoms with Crippen LogP contribution in [0.1, 0.15) is 41.5 Å². The maximum absolute atomic E-state index is 9.75. The van der Waals surface area contributed by atoms with Crippen molar-refractivity contribution in [3.8, 4) is 0 Å². The number of rotatable bonds is 3. The molecule has 0 aromatic carbocycles. The van der Waals surface area contributed by atoms with Gasteiger partial charge >= 0.3 is 51.4 Å². The Kier molecular flexibility index (Phi) is 6.64. The van der Waals surface area contributed by atoms with Gasteiger partial charge in [-0.25, -0.2) is 4.90 Å². The van der Waals surface area contributed by atoms with E-state index in [9.17, 15) is 15.3 Å². The van der Waals surface area contributed by atoms with E-state index in [0.717, 1.165) is 0 Å². The molecule has 0 unspecified atom stereocenters. The van der Waals surface area contributed by atoms with Crippen LogP contribution in [-0.4, -0.2) is 88.8 Å². The molecule has 0 amide bonds. The third kappa shape index (κ3) is 5.53. The number of hydrogen-bond donors (Lipinski definition) is 3. The van der Waals surface area contributed by atoms with Crippen molar-refractivity contribution < 1.29 is 15.3 Å². The summed E-state index contributed by atoms with van der Waals surface area (Å²) in [7, 11) is 0. The molecule has 0 aliphatic rings. The van der Waals surface area contributed by atoms with Crippen LogP contribution in [0.25, 0.3) is 0 Å². The number of nitrogens with zero attached hydrogens (tertiary/aromatic N) is 1. The van der Waals surface area contributed by atoms with E-state index in [-0.39, 0.29) is 51.4 Å². The van der Waals surface area contributed by atoms with Crippen molar-refractivity contribution in [2.75, 3.05) is 0 Å². The first kappa shape index (κ1) is 17.9. The number of aliphatic hydroxyl groups is 3. The molecule has 0 radical (unpaired) electrons. The molecule has 4 nitrogen and oxygen atoms in total. The summed E-state index contributed by atoms with van der Waals surface area (Å²) in [6, 6.07) is 0. The molecule has 0 aromatic heterocycles. The van der Waals surface area contributed by atoms with Gasteiger partial charge in [-0.15, -0.1) is 0 Å². The van der Waals surface area contributed by atoms with Gasteiger partial charge in [-0.1, -0.05) is 0 Å². The maximum atomic E-state index is 9.75. The van der Waals surface area contributed by atoms with Crippen LogP contribution in [0.2, 0.25) is 0 Å². The summed E-state index contributed by atoms with van der Waals surface area (Å²) in [6.45, 7) is 9.10. The zero-order valence-corrected chi connectivity index (χ0v) is 9.29. The van der Waals surface area contributed by atoms with E-state index < -0.39 is 17.2 Å². The van der Waals surface area contributed by atoms with Gasteiger partial charge in [-0.05, 0) is 41.5 Å². The molecule has 0 aromatic rings. The van der Waals surface area contributed by atoms with Crippen LogP contribution < -0.4 is 0 Å². The van der Waals surface area contributed by atoms with Gasteiger partial charge in [-0.3, -0.25) is 0 Å². The molecule has 0 rings (SSSR count). The molecule has 5 heteroatoms. The van der Waals surface area contributed by atoms with E-state index in [1.165, 1.54) is 46.4 Å². The van der Waals surface area contributed by atoms with Crippen molar-refractivity contribution in [1.29, 1.82) is 0 Å². The van der Waals surface area contributed by atoms with Gasteiger partial charge in [-0.2, -0.15) is 0 Å². The molecule has 0 saturated carbocycles.